The molecule has 2 rings (SSSR count). The molecule has 0 aromatic heterocycles. The molecule has 2 atom stereocenters. The normalized spacial score (nSPS) is 14.6. The van der Waals surface area contributed by atoms with Gasteiger partial charge in [-0.05, 0) is 128 Å². The predicted molar refractivity (Wildman–Crippen MR) is 197 cm³/mol. The number of hydrogen-bond donors (Lipinski definition) is 4. The van der Waals surface area contributed by atoms with Crippen LogP contribution in [0.1, 0.15) is 118 Å². The van der Waals surface area contributed by atoms with Crippen LogP contribution in [-0.4, -0.2) is 20.4 Å². The van der Waals surface area contributed by atoms with Crippen LogP contribution in [0.4, 0.5) is 0 Å². The van der Waals surface area contributed by atoms with Crippen molar-refractivity contribution >= 4 is 0 Å². The maximum absolute atomic E-state index is 11.0. The first-order chi connectivity index (χ1) is 21.6. The number of benzene rings is 2. The van der Waals surface area contributed by atoms with E-state index in [0.29, 0.717) is 0 Å². The summed E-state index contributed by atoms with van der Waals surface area (Å²) in [5, 5.41) is 43.8. The van der Waals surface area contributed by atoms with E-state index in [4.69, 9.17) is 0 Å². The molecular formula is C42H58O4. The fourth-order valence-electron chi connectivity index (χ4n) is 5.65. The fraction of sp³-hybridized carbons (Fsp3) is 0.429. The van der Waals surface area contributed by atoms with Crippen molar-refractivity contribution in [3.8, 4) is 34.1 Å². The summed E-state index contributed by atoms with van der Waals surface area (Å²) < 4.78 is 0. The first-order valence-corrected chi connectivity index (χ1v) is 16.5. The van der Waals surface area contributed by atoms with Crippen LogP contribution in [0.15, 0.2) is 96.2 Å². The van der Waals surface area contributed by atoms with Gasteiger partial charge in [0, 0.05) is 22.0 Å². The Hall–Kier alpha value is -3.92. The molecule has 0 radical (unpaired) electrons. The van der Waals surface area contributed by atoms with Crippen LogP contribution in [0.3, 0.4) is 0 Å². The number of rotatable bonds is 17. The second-order valence-corrected chi connectivity index (χ2v) is 13.8. The molecular weight excluding hydrogens is 568 g/mol. The lowest BCUT2D eigenvalue weighted by Gasteiger charge is -2.29. The van der Waals surface area contributed by atoms with Gasteiger partial charge in [-0.3, -0.25) is 0 Å². The van der Waals surface area contributed by atoms with Crippen molar-refractivity contribution in [1.82, 2.24) is 0 Å². The zero-order valence-corrected chi connectivity index (χ0v) is 29.6. The van der Waals surface area contributed by atoms with Crippen LogP contribution in [0.2, 0.25) is 0 Å². The minimum Gasteiger partial charge on any atom is -0.504 e. The van der Waals surface area contributed by atoms with Gasteiger partial charge in [0.2, 0.25) is 0 Å². The third kappa shape index (κ3) is 10.6. The molecule has 0 amide bonds. The highest BCUT2D eigenvalue weighted by Gasteiger charge is 2.29. The molecule has 0 saturated heterocycles. The Labute approximate surface area is 278 Å². The number of allylic oxidation sites excluding steroid dienone is 10. The Morgan fingerprint density at radius 2 is 0.913 bits per heavy atom. The van der Waals surface area contributed by atoms with Gasteiger partial charge in [0.1, 0.15) is 0 Å². The molecule has 0 aliphatic rings. The van der Waals surface area contributed by atoms with Gasteiger partial charge >= 0.3 is 0 Å². The molecule has 46 heavy (non-hydrogen) atoms. The molecule has 0 aliphatic heterocycles. The number of hydrogen-bond acceptors (Lipinski definition) is 4. The molecule has 2 unspecified atom stereocenters. The summed E-state index contributed by atoms with van der Waals surface area (Å²) in [7, 11) is 0. The van der Waals surface area contributed by atoms with Gasteiger partial charge in [0.05, 0.1) is 0 Å². The van der Waals surface area contributed by atoms with Crippen molar-refractivity contribution in [2.24, 2.45) is 0 Å². The lowest BCUT2D eigenvalue weighted by molar-refractivity contribution is 0.397. The molecule has 2 aromatic rings. The first kappa shape index (κ1) is 38.3. The minimum atomic E-state index is -0.517. The minimum absolute atomic E-state index is 0.243. The van der Waals surface area contributed by atoms with Crippen LogP contribution in [-0.2, 0) is 10.8 Å². The van der Waals surface area contributed by atoms with Crippen LogP contribution in [0.25, 0.3) is 11.1 Å². The zero-order chi connectivity index (χ0) is 34.7. The van der Waals surface area contributed by atoms with Crippen molar-refractivity contribution in [2.75, 3.05) is 0 Å². The highest BCUT2D eigenvalue weighted by atomic mass is 16.3. The van der Waals surface area contributed by atoms with Crippen molar-refractivity contribution < 1.29 is 20.4 Å². The number of phenolic OH excluding ortho intramolecular Hbond substituents is 4. The lowest BCUT2D eigenvalue weighted by Crippen LogP contribution is -2.19. The second-order valence-electron chi connectivity index (χ2n) is 13.8. The predicted octanol–water partition coefficient (Wildman–Crippen LogP) is 12.0. The number of phenols is 4. The van der Waals surface area contributed by atoms with E-state index in [9.17, 15) is 20.4 Å². The van der Waals surface area contributed by atoms with Crippen LogP contribution < -0.4 is 0 Å². The second kappa shape index (κ2) is 17.1. The van der Waals surface area contributed by atoms with Crippen LogP contribution >= 0.6 is 0 Å². The molecule has 0 bridgehead atoms. The summed E-state index contributed by atoms with van der Waals surface area (Å²) in [4.78, 5) is 0. The highest BCUT2D eigenvalue weighted by molar-refractivity contribution is 5.81. The molecule has 0 heterocycles. The maximum Gasteiger partial charge on any atom is 0.165 e. The summed E-state index contributed by atoms with van der Waals surface area (Å²) in [5.74, 6) is -1.29. The van der Waals surface area contributed by atoms with Crippen molar-refractivity contribution in [1.29, 1.82) is 0 Å². The fourth-order valence-corrected chi connectivity index (χ4v) is 5.65. The quantitative estimate of drug-likeness (QED) is 0.104. The molecule has 0 spiro atoms. The van der Waals surface area contributed by atoms with E-state index in [0.717, 1.165) is 62.5 Å². The molecule has 4 nitrogen and oxygen atoms in total. The van der Waals surface area contributed by atoms with Crippen LogP contribution in [0.5, 0.6) is 23.0 Å². The monoisotopic (exact) mass is 626 g/mol. The maximum atomic E-state index is 11.0. The van der Waals surface area contributed by atoms with E-state index in [2.05, 4.69) is 92.9 Å². The summed E-state index contributed by atoms with van der Waals surface area (Å²) in [6, 6.07) is 6.69. The van der Waals surface area contributed by atoms with Gasteiger partial charge in [0.25, 0.3) is 0 Å². The molecule has 0 saturated carbocycles. The van der Waals surface area contributed by atoms with Gasteiger partial charge in [-0.2, -0.15) is 0 Å². The van der Waals surface area contributed by atoms with Gasteiger partial charge in [-0.1, -0.05) is 72.6 Å². The van der Waals surface area contributed by atoms with Crippen molar-refractivity contribution in [3.63, 3.8) is 0 Å². The largest absolute Gasteiger partial charge is 0.504 e. The summed E-state index contributed by atoms with van der Waals surface area (Å²) >= 11 is 0. The third-order valence-electron chi connectivity index (χ3n) is 9.19. The van der Waals surface area contributed by atoms with Crippen molar-refractivity contribution in [2.45, 2.75) is 118 Å². The Kier molecular flexibility index (Phi) is 14.2. The SMILES string of the molecule is C=CC(C)(CC/C=C(\C)CCC=C(C)C)c1cc(O)c(O)c(-c2cc(C(C)(C=C)CC/C=C(\C)CCC=C(C)C)cc(O)c2O)c1. The topological polar surface area (TPSA) is 80.9 Å². The van der Waals surface area contributed by atoms with Gasteiger partial charge in [-0.15, -0.1) is 13.2 Å². The Bertz CT molecular complexity index is 1380. The number of aromatic hydroxyl groups is 4. The standard InChI is InChI=1S/C42H58O4/c1-11-41(9,23-15-21-31(7)19-13-17-29(3)4)33-25-35(39(45)37(43)27-33)36-26-34(28-38(44)40(36)46)42(10,12-2)24-16-22-32(8)20-14-18-30(5)6/h11-12,17-18,21-22,25-28,43-46H,1-2,13-16,19-20,23-24H2,3-10H3/b31-21+,32-22+. The average molecular weight is 627 g/mol. The summed E-state index contributed by atoms with van der Waals surface area (Å²) in [6.07, 6.45) is 19.9. The lowest BCUT2D eigenvalue weighted by atomic mass is 9.76. The highest BCUT2D eigenvalue weighted by Crippen LogP contribution is 2.49. The zero-order valence-electron chi connectivity index (χ0n) is 29.6. The Morgan fingerprint density at radius 3 is 1.22 bits per heavy atom. The molecule has 2 aromatic carbocycles. The van der Waals surface area contributed by atoms with Crippen molar-refractivity contribution in [3.05, 3.63) is 107 Å². The molecule has 4 N–H and O–H groups in total. The van der Waals surface area contributed by atoms with Gasteiger partial charge in [0.15, 0.2) is 23.0 Å². The van der Waals surface area contributed by atoms with E-state index in [1.54, 1.807) is 24.3 Å². The van der Waals surface area contributed by atoms with Gasteiger partial charge < -0.3 is 20.4 Å². The smallest absolute Gasteiger partial charge is 0.165 e. The molecule has 0 fully saturated rings. The van der Waals surface area contributed by atoms with E-state index in [1.165, 1.54) is 22.3 Å². The Balaban J connectivity index is 2.45. The van der Waals surface area contributed by atoms with E-state index in [1.807, 2.05) is 12.2 Å². The summed E-state index contributed by atoms with van der Waals surface area (Å²) in [6.45, 7) is 25.1. The summed E-state index contributed by atoms with van der Waals surface area (Å²) in [5.41, 5.74) is 6.27. The van der Waals surface area contributed by atoms with E-state index >= 15 is 0 Å². The van der Waals surface area contributed by atoms with E-state index < -0.39 is 10.8 Å². The van der Waals surface area contributed by atoms with E-state index in [-0.39, 0.29) is 34.1 Å². The molecule has 250 valence electrons. The Morgan fingerprint density at radius 1 is 0.565 bits per heavy atom. The molecule has 4 heteroatoms. The third-order valence-corrected chi connectivity index (χ3v) is 9.19. The van der Waals surface area contributed by atoms with Gasteiger partial charge in [-0.25, -0.2) is 0 Å². The molecule has 0 aliphatic carbocycles. The van der Waals surface area contributed by atoms with Crippen LogP contribution in [0, 0.1) is 0 Å². The average Bonchev–Trinajstić information content (AvgIpc) is 2.99. The first-order valence-electron chi connectivity index (χ1n) is 16.5.